The lowest BCUT2D eigenvalue weighted by molar-refractivity contribution is 0.0951. The molecule has 1 amide bonds. The minimum absolute atomic E-state index is 0.0161. The average Bonchev–Trinajstić information content (AvgIpc) is 2.85. The summed E-state index contributed by atoms with van der Waals surface area (Å²) in [6.45, 7) is 2.34. The Bertz CT molecular complexity index is 629. The SMILES string of the molecule is CC(CNC(=O)c1ccc(F)c(Cl)c1)c1nncn1C. The van der Waals surface area contributed by atoms with Gasteiger partial charge in [-0.05, 0) is 18.2 Å². The van der Waals surface area contributed by atoms with Crippen molar-refractivity contribution in [3.05, 3.63) is 46.8 Å². The van der Waals surface area contributed by atoms with Crippen LogP contribution in [0.2, 0.25) is 5.02 Å². The Labute approximate surface area is 120 Å². The van der Waals surface area contributed by atoms with Gasteiger partial charge in [-0.1, -0.05) is 18.5 Å². The van der Waals surface area contributed by atoms with Gasteiger partial charge in [-0.25, -0.2) is 4.39 Å². The second-order valence-electron chi connectivity index (χ2n) is 4.54. The summed E-state index contributed by atoms with van der Waals surface area (Å²) < 4.78 is 14.8. The molecule has 0 radical (unpaired) electrons. The van der Waals surface area contributed by atoms with Crippen LogP contribution in [0.4, 0.5) is 4.39 Å². The molecular formula is C13H14ClFN4O. The van der Waals surface area contributed by atoms with Gasteiger partial charge in [0.2, 0.25) is 0 Å². The van der Waals surface area contributed by atoms with Crippen LogP contribution in [-0.2, 0) is 7.05 Å². The first-order valence-corrected chi connectivity index (χ1v) is 6.44. The highest BCUT2D eigenvalue weighted by Gasteiger charge is 2.14. The minimum Gasteiger partial charge on any atom is -0.351 e. The molecule has 106 valence electrons. The van der Waals surface area contributed by atoms with Crippen LogP contribution in [0.25, 0.3) is 0 Å². The van der Waals surface area contributed by atoms with Gasteiger partial charge in [0.05, 0.1) is 5.02 Å². The van der Waals surface area contributed by atoms with E-state index in [1.54, 1.807) is 10.9 Å². The van der Waals surface area contributed by atoms with E-state index in [0.29, 0.717) is 12.1 Å². The molecule has 1 atom stereocenters. The quantitative estimate of drug-likeness (QED) is 0.940. The van der Waals surface area contributed by atoms with Crippen LogP contribution in [0.5, 0.6) is 0 Å². The molecule has 0 saturated carbocycles. The maximum atomic E-state index is 13.0. The zero-order valence-corrected chi connectivity index (χ0v) is 11.9. The third-order valence-electron chi connectivity index (χ3n) is 2.94. The summed E-state index contributed by atoms with van der Waals surface area (Å²) in [6, 6.07) is 3.87. The monoisotopic (exact) mass is 296 g/mol. The Morgan fingerprint density at radius 3 is 2.90 bits per heavy atom. The van der Waals surface area contributed by atoms with Crippen molar-refractivity contribution in [3.8, 4) is 0 Å². The molecule has 0 bridgehead atoms. The van der Waals surface area contributed by atoms with Gasteiger partial charge in [0.1, 0.15) is 18.0 Å². The van der Waals surface area contributed by atoms with E-state index in [9.17, 15) is 9.18 Å². The lowest BCUT2D eigenvalue weighted by Crippen LogP contribution is -2.28. The van der Waals surface area contributed by atoms with Crippen molar-refractivity contribution >= 4 is 17.5 Å². The molecule has 1 unspecified atom stereocenters. The molecule has 7 heteroatoms. The molecule has 0 aliphatic heterocycles. The predicted octanol–water partition coefficient (Wildman–Crippen LogP) is 2.14. The van der Waals surface area contributed by atoms with E-state index in [1.807, 2.05) is 14.0 Å². The highest BCUT2D eigenvalue weighted by Crippen LogP contribution is 2.16. The maximum absolute atomic E-state index is 13.0. The lowest BCUT2D eigenvalue weighted by atomic mass is 10.1. The third-order valence-corrected chi connectivity index (χ3v) is 3.23. The molecule has 0 saturated heterocycles. The Morgan fingerprint density at radius 1 is 1.55 bits per heavy atom. The molecular weight excluding hydrogens is 283 g/mol. The molecule has 2 rings (SSSR count). The van der Waals surface area contributed by atoms with Crippen molar-refractivity contribution in [2.24, 2.45) is 7.05 Å². The summed E-state index contributed by atoms with van der Waals surface area (Å²) in [6.07, 6.45) is 1.60. The second-order valence-corrected chi connectivity index (χ2v) is 4.95. The fourth-order valence-electron chi connectivity index (χ4n) is 1.81. The van der Waals surface area contributed by atoms with Gasteiger partial charge in [0, 0.05) is 25.1 Å². The number of nitrogens with zero attached hydrogens (tertiary/aromatic N) is 3. The van der Waals surface area contributed by atoms with Crippen LogP contribution in [0.15, 0.2) is 24.5 Å². The van der Waals surface area contributed by atoms with Crippen LogP contribution in [0.3, 0.4) is 0 Å². The lowest BCUT2D eigenvalue weighted by Gasteiger charge is -2.12. The Hall–Kier alpha value is -1.95. The first kappa shape index (κ1) is 14.5. The van der Waals surface area contributed by atoms with Crippen molar-refractivity contribution in [1.82, 2.24) is 20.1 Å². The first-order chi connectivity index (χ1) is 9.49. The number of carbonyl (C=O) groups excluding carboxylic acids is 1. The normalized spacial score (nSPS) is 12.2. The van der Waals surface area contributed by atoms with Crippen molar-refractivity contribution in [2.75, 3.05) is 6.54 Å². The molecule has 1 N–H and O–H groups in total. The van der Waals surface area contributed by atoms with Gasteiger partial charge in [0.25, 0.3) is 5.91 Å². The van der Waals surface area contributed by atoms with Crippen molar-refractivity contribution in [2.45, 2.75) is 12.8 Å². The molecule has 1 heterocycles. The smallest absolute Gasteiger partial charge is 0.251 e. The summed E-state index contributed by atoms with van der Waals surface area (Å²) in [5.41, 5.74) is 0.321. The van der Waals surface area contributed by atoms with Crippen molar-refractivity contribution in [1.29, 1.82) is 0 Å². The van der Waals surface area contributed by atoms with Gasteiger partial charge < -0.3 is 9.88 Å². The molecule has 0 spiro atoms. The van der Waals surface area contributed by atoms with E-state index in [-0.39, 0.29) is 16.8 Å². The fraction of sp³-hybridized carbons (Fsp3) is 0.308. The zero-order chi connectivity index (χ0) is 14.7. The van der Waals surface area contributed by atoms with Gasteiger partial charge in [-0.2, -0.15) is 0 Å². The third kappa shape index (κ3) is 3.14. The highest BCUT2D eigenvalue weighted by molar-refractivity contribution is 6.31. The fourth-order valence-corrected chi connectivity index (χ4v) is 2.00. The number of halogens is 2. The number of benzene rings is 1. The molecule has 20 heavy (non-hydrogen) atoms. The minimum atomic E-state index is -0.546. The number of hydrogen-bond acceptors (Lipinski definition) is 3. The number of rotatable bonds is 4. The molecule has 0 aliphatic carbocycles. The van der Waals surface area contributed by atoms with Gasteiger partial charge >= 0.3 is 0 Å². The highest BCUT2D eigenvalue weighted by atomic mass is 35.5. The van der Waals surface area contributed by atoms with Crippen LogP contribution < -0.4 is 5.32 Å². The van der Waals surface area contributed by atoms with E-state index >= 15 is 0 Å². The molecule has 5 nitrogen and oxygen atoms in total. The van der Waals surface area contributed by atoms with Gasteiger partial charge in [-0.3, -0.25) is 4.79 Å². The number of amides is 1. The van der Waals surface area contributed by atoms with E-state index in [4.69, 9.17) is 11.6 Å². The topological polar surface area (TPSA) is 59.8 Å². The second kappa shape index (κ2) is 6.00. The van der Waals surface area contributed by atoms with Crippen molar-refractivity contribution in [3.63, 3.8) is 0 Å². The summed E-state index contributed by atoms with van der Waals surface area (Å²) in [7, 11) is 1.84. The maximum Gasteiger partial charge on any atom is 0.251 e. The van der Waals surface area contributed by atoms with E-state index in [1.165, 1.54) is 18.2 Å². The average molecular weight is 297 g/mol. The molecule has 2 aromatic rings. The number of hydrogen-bond donors (Lipinski definition) is 1. The zero-order valence-electron chi connectivity index (χ0n) is 11.1. The van der Waals surface area contributed by atoms with Crippen LogP contribution >= 0.6 is 11.6 Å². The largest absolute Gasteiger partial charge is 0.351 e. The summed E-state index contributed by atoms with van der Waals surface area (Å²) in [4.78, 5) is 11.9. The summed E-state index contributed by atoms with van der Waals surface area (Å²) in [5.74, 6) is -0.0543. The van der Waals surface area contributed by atoms with Crippen LogP contribution in [0.1, 0.15) is 29.0 Å². The van der Waals surface area contributed by atoms with E-state index in [0.717, 1.165) is 5.82 Å². The first-order valence-electron chi connectivity index (χ1n) is 6.06. The number of carbonyl (C=O) groups is 1. The Kier molecular flexibility index (Phi) is 4.34. The standard InChI is InChI=1S/C13H14ClFN4O/c1-8(12-18-17-7-19(12)2)6-16-13(20)9-3-4-11(15)10(14)5-9/h3-5,7-8H,6H2,1-2H3,(H,16,20). The van der Waals surface area contributed by atoms with Crippen LogP contribution in [-0.4, -0.2) is 27.2 Å². The Balaban J connectivity index is 1.98. The number of nitrogens with one attached hydrogen (secondary N) is 1. The Morgan fingerprint density at radius 2 is 2.30 bits per heavy atom. The summed E-state index contributed by atoms with van der Waals surface area (Å²) >= 11 is 5.65. The van der Waals surface area contributed by atoms with Gasteiger partial charge in [0.15, 0.2) is 0 Å². The van der Waals surface area contributed by atoms with E-state index in [2.05, 4.69) is 15.5 Å². The van der Waals surface area contributed by atoms with Gasteiger partial charge in [-0.15, -0.1) is 10.2 Å². The van der Waals surface area contributed by atoms with E-state index < -0.39 is 5.82 Å². The molecule has 1 aromatic heterocycles. The number of aromatic nitrogens is 3. The van der Waals surface area contributed by atoms with Crippen molar-refractivity contribution < 1.29 is 9.18 Å². The molecule has 0 aliphatic rings. The van der Waals surface area contributed by atoms with Crippen LogP contribution in [0, 0.1) is 5.82 Å². The summed E-state index contributed by atoms with van der Waals surface area (Å²) in [5, 5.41) is 10.5. The molecule has 1 aromatic carbocycles. The predicted molar refractivity (Wildman–Crippen MR) is 73.2 cm³/mol. The molecule has 0 fully saturated rings. The number of aryl methyl sites for hydroxylation is 1.